The second kappa shape index (κ2) is 12.6. The van der Waals surface area contributed by atoms with Crippen LogP contribution in [0.15, 0.2) is 107 Å². The summed E-state index contributed by atoms with van der Waals surface area (Å²) in [5, 5.41) is 4.38. The van der Waals surface area contributed by atoms with Gasteiger partial charge in [-0.05, 0) is 72.1 Å². The summed E-state index contributed by atoms with van der Waals surface area (Å²) in [4.78, 5) is 24.3. The quantitative estimate of drug-likeness (QED) is 0.159. The van der Waals surface area contributed by atoms with Gasteiger partial charge in [0.1, 0.15) is 0 Å². The van der Waals surface area contributed by atoms with Crippen molar-refractivity contribution in [1.29, 1.82) is 0 Å². The van der Waals surface area contributed by atoms with Crippen molar-refractivity contribution in [2.75, 3.05) is 11.4 Å². The van der Waals surface area contributed by atoms with E-state index in [2.05, 4.69) is 15.3 Å². The molecular formula is C30H26ClN3O5S. The molecule has 0 radical (unpaired) electrons. The zero-order chi connectivity index (χ0) is 28.7. The predicted molar refractivity (Wildman–Crippen MR) is 155 cm³/mol. The zero-order valence-electron chi connectivity index (χ0n) is 21.7. The lowest BCUT2D eigenvalue weighted by molar-refractivity contribution is 0.0600. The first-order valence-corrected chi connectivity index (χ1v) is 14.0. The van der Waals surface area contributed by atoms with Crippen LogP contribution < -0.4 is 9.73 Å². The summed E-state index contributed by atoms with van der Waals surface area (Å²) >= 11 is 6.23. The second-order valence-corrected chi connectivity index (χ2v) is 11.1. The topological polar surface area (TPSA) is 105 Å². The summed E-state index contributed by atoms with van der Waals surface area (Å²) < 4.78 is 33.3. The number of sulfonamides is 1. The Morgan fingerprint density at radius 1 is 0.925 bits per heavy atom. The molecule has 0 atom stereocenters. The van der Waals surface area contributed by atoms with E-state index in [1.54, 1.807) is 97.1 Å². The molecule has 4 aromatic rings. The number of carbonyl (C=O) groups is 2. The number of halogens is 1. The monoisotopic (exact) mass is 575 g/mol. The molecule has 0 heterocycles. The Bertz CT molecular complexity index is 1640. The van der Waals surface area contributed by atoms with Crippen molar-refractivity contribution in [3.8, 4) is 0 Å². The number of ether oxygens (including phenoxy) is 1. The number of hydrazone groups is 1. The van der Waals surface area contributed by atoms with E-state index in [0.29, 0.717) is 33.0 Å². The molecule has 0 aliphatic carbocycles. The maximum absolute atomic E-state index is 13.7. The minimum atomic E-state index is -3.91. The van der Waals surface area contributed by atoms with Crippen LogP contribution in [0.25, 0.3) is 0 Å². The van der Waals surface area contributed by atoms with Gasteiger partial charge in [0, 0.05) is 10.6 Å². The molecule has 0 unspecified atom stereocenters. The molecule has 10 heteroatoms. The highest BCUT2D eigenvalue weighted by atomic mass is 35.5. The number of benzene rings is 4. The van der Waals surface area contributed by atoms with Crippen molar-refractivity contribution in [2.45, 2.75) is 18.4 Å². The number of carbonyl (C=O) groups excluding carboxylic acids is 2. The van der Waals surface area contributed by atoms with Crippen LogP contribution in [0.1, 0.15) is 37.4 Å². The molecule has 4 aromatic carbocycles. The third-order valence-corrected chi connectivity index (χ3v) is 8.03. The maximum Gasteiger partial charge on any atom is 0.337 e. The lowest BCUT2D eigenvalue weighted by Crippen LogP contribution is -2.31. The minimum absolute atomic E-state index is 0.0278. The fourth-order valence-corrected chi connectivity index (χ4v) is 5.55. The molecule has 1 N–H and O–H groups in total. The van der Waals surface area contributed by atoms with Crippen LogP contribution in [0, 0.1) is 6.92 Å². The zero-order valence-corrected chi connectivity index (χ0v) is 23.3. The first kappa shape index (κ1) is 28.5. The van der Waals surface area contributed by atoms with Crippen LogP contribution >= 0.6 is 11.6 Å². The van der Waals surface area contributed by atoms with Crippen molar-refractivity contribution in [3.63, 3.8) is 0 Å². The number of anilines is 1. The van der Waals surface area contributed by atoms with Gasteiger partial charge in [0.2, 0.25) is 0 Å². The maximum atomic E-state index is 13.7. The number of esters is 1. The first-order chi connectivity index (χ1) is 19.2. The van der Waals surface area contributed by atoms with E-state index in [4.69, 9.17) is 11.6 Å². The third kappa shape index (κ3) is 6.74. The highest BCUT2D eigenvalue weighted by Crippen LogP contribution is 2.31. The molecule has 4 rings (SSSR count). The number of methoxy groups -OCH3 is 1. The van der Waals surface area contributed by atoms with E-state index < -0.39 is 21.9 Å². The molecule has 0 aliphatic heterocycles. The summed E-state index contributed by atoms with van der Waals surface area (Å²) in [6, 6.07) is 26.4. The largest absolute Gasteiger partial charge is 0.465 e. The van der Waals surface area contributed by atoms with Crippen LogP contribution in [0.3, 0.4) is 0 Å². The van der Waals surface area contributed by atoms with Crippen LogP contribution in [0.5, 0.6) is 0 Å². The smallest absolute Gasteiger partial charge is 0.337 e. The Labute approximate surface area is 237 Å². The molecule has 0 saturated heterocycles. The summed E-state index contributed by atoms with van der Waals surface area (Å²) in [5.41, 5.74) is 5.78. The number of nitrogens with zero attached hydrogens (tertiary/aromatic N) is 2. The summed E-state index contributed by atoms with van der Waals surface area (Å²) in [7, 11) is -2.61. The van der Waals surface area contributed by atoms with Gasteiger partial charge >= 0.3 is 5.97 Å². The second-order valence-electron chi connectivity index (χ2n) is 8.77. The highest BCUT2D eigenvalue weighted by molar-refractivity contribution is 7.92. The van der Waals surface area contributed by atoms with Gasteiger partial charge in [0.15, 0.2) is 0 Å². The molecule has 1 amide bonds. The number of hydrogen-bond donors (Lipinski definition) is 1. The molecule has 0 spiro atoms. The molecule has 0 saturated carbocycles. The lowest BCUT2D eigenvalue weighted by atomic mass is 10.1. The number of nitrogens with one attached hydrogen (secondary N) is 1. The highest BCUT2D eigenvalue weighted by Gasteiger charge is 2.26. The Balaban J connectivity index is 1.50. The Morgan fingerprint density at radius 3 is 2.23 bits per heavy atom. The summed E-state index contributed by atoms with van der Waals surface area (Å²) in [6.07, 6.45) is 1.45. The molecule has 204 valence electrons. The van der Waals surface area contributed by atoms with Crippen LogP contribution in [-0.2, 0) is 21.3 Å². The van der Waals surface area contributed by atoms with E-state index in [1.807, 2.05) is 6.92 Å². The molecule has 0 aromatic heterocycles. The first-order valence-electron chi connectivity index (χ1n) is 12.1. The van der Waals surface area contributed by atoms with E-state index in [-0.39, 0.29) is 11.4 Å². The Hall–Kier alpha value is -4.47. The van der Waals surface area contributed by atoms with Crippen molar-refractivity contribution in [1.82, 2.24) is 5.43 Å². The van der Waals surface area contributed by atoms with E-state index in [0.717, 1.165) is 5.56 Å². The number of aryl methyl sites for hydroxylation is 1. The summed E-state index contributed by atoms with van der Waals surface area (Å²) in [6.45, 7) is 1.85. The molecule has 0 bridgehead atoms. The molecule has 8 nitrogen and oxygen atoms in total. The van der Waals surface area contributed by atoms with E-state index in [1.165, 1.54) is 17.6 Å². The number of amides is 1. The SMILES string of the molecule is COC(=O)c1ccc(/C=N\NC(=O)c2ccc(CN(c3cc(Cl)ccc3C)S(=O)(=O)c3ccccc3)cc2)cc1. The predicted octanol–water partition coefficient (Wildman–Crippen LogP) is 5.59. The van der Waals surface area contributed by atoms with Crippen LogP contribution in [0.4, 0.5) is 5.69 Å². The normalized spacial score (nSPS) is 11.3. The van der Waals surface area contributed by atoms with Crippen molar-refractivity contribution < 1.29 is 22.7 Å². The number of rotatable bonds is 9. The minimum Gasteiger partial charge on any atom is -0.465 e. The van der Waals surface area contributed by atoms with Gasteiger partial charge < -0.3 is 4.74 Å². The van der Waals surface area contributed by atoms with Crippen molar-refractivity contribution >= 4 is 45.4 Å². The third-order valence-electron chi connectivity index (χ3n) is 6.02. The van der Waals surface area contributed by atoms with Gasteiger partial charge in [-0.1, -0.05) is 60.1 Å². The van der Waals surface area contributed by atoms with Gasteiger partial charge in [-0.15, -0.1) is 0 Å². The number of hydrogen-bond acceptors (Lipinski definition) is 6. The Kier molecular flexibility index (Phi) is 8.98. The van der Waals surface area contributed by atoms with Crippen molar-refractivity contribution in [2.24, 2.45) is 5.10 Å². The van der Waals surface area contributed by atoms with Gasteiger partial charge in [-0.2, -0.15) is 5.10 Å². The molecule has 40 heavy (non-hydrogen) atoms. The van der Waals surface area contributed by atoms with Crippen LogP contribution in [0.2, 0.25) is 5.02 Å². The lowest BCUT2D eigenvalue weighted by Gasteiger charge is -2.26. The van der Waals surface area contributed by atoms with Gasteiger partial charge in [0.25, 0.3) is 15.9 Å². The molecular weight excluding hydrogens is 550 g/mol. The van der Waals surface area contributed by atoms with E-state index in [9.17, 15) is 18.0 Å². The standard InChI is InChI=1S/C30H26ClN3O5S/c1-21-8-17-26(31)18-28(21)34(40(37,38)27-6-4-3-5-7-27)20-23-11-13-24(14-12-23)29(35)33-32-19-22-9-15-25(16-10-22)30(36)39-2/h3-19H,20H2,1-2H3,(H,33,35)/b32-19-. The van der Waals surface area contributed by atoms with Gasteiger partial charge in [-0.25, -0.2) is 18.6 Å². The van der Waals surface area contributed by atoms with Gasteiger partial charge in [0.05, 0.1) is 36.0 Å². The summed E-state index contributed by atoms with van der Waals surface area (Å²) in [5.74, 6) is -0.878. The fraction of sp³-hybridized carbons (Fsp3) is 0.100. The van der Waals surface area contributed by atoms with Crippen molar-refractivity contribution in [3.05, 3.63) is 130 Å². The van der Waals surface area contributed by atoms with Crippen LogP contribution in [-0.4, -0.2) is 33.6 Å². The average molecular weight is 576 g/mol. The Morgan fingerprint density at radius 2 is 1.57 bits per heavy atom. The molecule has 0 fully saturated rings. The molecule has 0 aliphatic rings. The van der Waals surface area contributed by atoms with Gasteiger partial charge in [-0.3, -0.25) is 9.10 Å². The average Bonchev–Trinajstić information content (AvgIpc) is 2.98. The fourth-order valence-electron chi connectivity index (χ4n) is 3.85. The van der Waals surface area contributed by atoms with E-state index >= 15 is 0 Å².